The fraction of sp³-hybridized carbons (Fsp3) is 0.500. The van der Waals surface area contributed by atoms with Gasteiger partial charge in [0, 0.05) is 25.3 Å². The highest BCUT2D eigenvalue weighted by Crippen LogP contribution is 2.39. The van der Waals surface area contributed by atoms with Gasteiger partial charge in [-0.1, -0.05) is 0 Å². The summed E-state index contributed by atoms with van der Waals surface area (Å²) in [5, 5.41) is 0.729. The Hall–Kier alpha value is -1.84. The lowest BCUT2D eigenvalue weighted by Crippen LogP contribution is -2.38. The predicted molar refractivity (Wildman–Crippen MR) is 80.1 cm³/mol. The molecule has 4 heteroatoms. The molecule has 2 heterocycles. The molecule has 2 aliphatic rings. The van der Waals surface area contributed by atoms with Gasteiger partial charge in [-0.2, -0.15) is 0 Å². The number of benzene rings is 1. The van der Waals surface area contributed by atoms with Crippen LogP contribution in [0.15, 0.2) is 29.3 Å². The average Bonchev–Trinajstić information content (AvgIpc) is 2.85. The monoisotopic (exact) mass is 269 g/mol. The van der Waals surface area contributed by atoms with Crippen molar-refractivity contribution < 1.29 is 0 Å². The van der Waals surface area contributed by atoms with Gasteiger partial charge >= 0.3 is 0 Å². The quantitative estimate of drug-likeness (QED) is 0.797. The van der Waals surface area contributed by atoms with E-state index in [0.29, 0.717) is 6.04 Å². The third-order valence-corrected chi connectivity index (χ3v) is 4.97. The van der Waals surface area contributed by atoms with Gasteiger partial charge in [0.25, 0.3) is 5.56 Å². The molecule has 1 saturated carbocycles. The lowest BCUT2D eigenvalue weighted by Gasteiger charge is -2.35. The van der Waals surface area contributed by atoms with E-state index in [-0.39, 0.29) is 5.56 Å². The molecular weight excluding hydrogens is 250 g/mol. The summed E-state index contributed by atoms with van der Waals surface area (Å²) in [4.78, 5) is 19.0. The van der Waals surface area contributed by atoms with Gasteiger partial charge in [-0.3, -0.25) is 4.79 Å². The first-order valence-corrected chi connectivity index (χ1v) is 7.44. The lowest BCUT2D eigenvalue weighted by atomic mass is 9.98. The summed E-state index contributed by atoms with van der Waals surface area (Å²) in [6.45, 7) is 1.13. The van der Waals surface area contributed by atoms with E-state index in [1.54, 1.807) is 17.9 Å². The Balaban J connectivity index is 1.80. The number of nitrogens with zero attached hydrogens (tertiary/aromatic N) is 3. The van der Waals surface area contributed by atoms with Gasteiger partial charge in [0.2, 0.25) is 0 Å². The zero-order chi connectivity index (χ0) is 13.7. The van der Waals surface area contributed by atoms with E-state index in [1.807, 2.05) is 12.1 Å². The molecule has 1 aliphatic carbocycles. The molecule has 20 heavy (non-hydrogen) atoms. The Morgan fingerprint density at radius 2 is 2.15 bits per heavy atom. The van der Waals surface area contributed by atoms with Crippen molar-refractivity contribution in [1.29, 1.82) is 0 Å². The van der Waals surface area contributed by atoms with E-state index in [0.717, 1.165) is 23.4 Å². The number of piperidine rings is 1. The van der Waals surface area contributed by atoms with E-state index in [4.69, 9.17) is 0 Å². The van der Waals surface area contributed by atoms with Crippen molar-refractivity contribution in [3.05, 3.63) is 34.9 Å². The highest BCUT2D eigenvalue weighted by Gasteiger charge is 2.34. The van der Waals surface area contributed by atoms with Gasteiger partial charge in [-0.25, -0.2) is 4.98 Å². The van der Waals surface area contributed by atoms with Crippen LogP contribution in [-0.4, -0.2) is 22.1 Å². The second kappa shape index (κ2) is 4.33. The number of hydrogen-bond donors (Lipinski definition) is 0. The van der Waals surface area contributed by atoms with Gasteiger partial charge in [-0.05, 0) is 49.8 Å². The first kappa shape index (κ1) is 11.9. The van der Waals surface area contributed by atoms with Crippen molar-refractivity contribution in [3.63, 3.8) is 0 Å². The molecule has 1 aromatic carbocycles. The molecule has 4 nitrogen and oxygen atoms in total. The second-order valence-corrected chi connectivity index (χ2v) is 6.18. The number of hydrogen-bond acceptors (Lipinski definition) is 3. The molecule has 2 fully saturated rings. The van der Waals surface area contributed by atoms with Crippen LogP contribution in [0.2, 0.25) is 0 Å². The average molecular weight is 269 g/mol. The molecule has 0 amide bonds. The van der Waals surface area contributed by atoms with Crippen LogP contribution in [0.1, 0.15) is 25.7 Å². The maximum atomic E-state index is 12.2. The largest absolute Gasteiger partial charge is 0.369 e. The summed E-state index contributed by atoms with van der Waals surface area (Å²) < 4.78 is 1.55. The molecular formula is C16H19N3O. The molecule has 104 valence electrons. The van der Waals surface area contributed by atoms with Crippen LogP contribution in [0.4, 0.5) is 5.69 Å². The minimum absolute atomic E-state index is 0.0400. The van der Waals surface area contributed by atoms with Crippen molar-refractivity contribution in [1.82, 2.24) is 9.55 Å². The number of fused-ring (bicyclic) bond motifs is 3. The van der Waals surface area contributed by atoms with Gasteiger partial charge in [0.05, 0.1) is 17.2 Å². The molecule has 2 bridgehead atoms. The summed E-state index contributed by atoms with van der Waals surface area (Å²) in [7, 11) is 1.75. The van der Waals surface area contributed by atoms with E-state index in [1.165, 1.54) is 31.4 Å². The number of aromatic nitrogens is 2. The Kier molecular flexibility index (Phi) is 2.59. The molecule has 2 aromatic rings. The van der Waals surface area contributed by atoms with Crippen molar-refractivity contribution >= 4 is 16.6 Å². The van der Waals surface area contributed by atoms with Crippen molar-refractivity contribution in [2.45, 2.75) is 31.7 Å². The highest BCUT2D eigenvalue weighted by atomic mass is 16.1. The third kappa shape index (κ3) is 1.74. The van der Waals surface area contributed by atoms with Crippen LogP contribution in [0.25, 0.3) is 10.9 Å². The Bertz CT molecular complexity index is 721. The maximum Gasteiger partial charge on any atom is 0.260 e. The molecule has 0 radical (unpaired) electrons. The number of rotatable bonds is 1. The number of anilines is 1. The Morgan fingerprint density at radius 1 is 1.25 bits per heavy atom. The van der Waals surface area contributed by atoms with Crippen LogP contribution in [-0.2, 0) is 7.05 Å². The predicted octanol–water partition coefficient (Wildman–Crippen LogP) is 2.31. The van der Waals surface area contributed by atoms with E-state index in [9.17, 15) is 4.79 Å². The van der Waals surface area contributed by atoms with Crippen LogP contribution < -0.4 is 10.5 Å². The minimum Gasteiger partial charge on any atom is -0.369 e. The third-order valence-electron chi connectivity index (χ3n) is 4.97. The Labute approximate surface area is 118 Å². The maximum absolute atomic E-state index is 12.2. The summed E-state index contributed by atoms with van der Waals surface area (Å²) in [6.07, 6.45) is 6.88. The molecule has 2 atom stereocenters. The van der Waals surface area contributed by atoms with Crippen LogP contribution >= 0.6 is 0 Å². The van der Waals surface area contributed by atoms with Gasteiger partial charge < -0.3 is 9.47 Å². The molecule has 1 saturated heterocycles. The molecule has 1 unspecified atom stereocenters. The van der Waals surface area contributed by atoms with Gasteiger partial charge in [-0.15, -0.1) is 0 Å². The van der Waals surface area contributed by atoms with E-state index < -0.39 is 0 Å². The summed E-state index contributed by atoms with van der Waals surface area (Å²) in [5.74, 6) is 0.936. The van der Waals surface area contributed by atoms with E-state index in [2.05, 4.69) is 16.0 Å². The molecule has 0 N–H and O–H groups in total. The van der Waals surface area contributed by atoms with E-state index >= 15 is 0 Å². The lowest BCUT2D eigenvalue weighted by molar-refractivity contribution is 0.433. The van der Waals surface area contributed by atoms with Crippen LogP contribution in [0.3, 0.4) is 0 Å². The van der Waals surface area contributed by atoms with Crippen LogP contribution in [0, 0.1) is 5.92 Å². The van der Waals surface area contributed by atoms with Crippen molar-refractivity contribution in [2.24, 2.45) is 13.0 Å². The van der Waals surface area contributed by atoms with Crippen molar-refractivity contribution in [2.75, 3.05) is 11.4 Å². The Morgan fingerprint density at radius 3 is 3.05 bits per heavy atom. The standard InChI is InChI=1S/C16H19N3O/c1-18-10-17-15-5-4-13(9-14(15)16(18)20)19-7-6-11-2-3-12(19)8-11/h4-5,9-12H,2-3,6-8H2,1H3/t11?,12-/m0/s1. The van der Waals surface area contributed by atoms with Crippen LogP contribution in [0.5, 0.6) is 0 Å². The first-order valence-electron chi connectivity index (χ1n) is 7.44. The molecule has 1 aliphatic heterocycles. The topological polar surface area (TPSA) is 38.1 Å². The molecule has 0 spiro atoms. The summed E-state index contributed by atoms with van der Waals surface area (Å²) in [6, 6.07) is 6.80. The smallest absolute Gasteiger partial charge is 0.260 e. The summed E-state index contributed by atoms with van der Waals surface area (Å²) in [5.41, 5.74) is 2.02. The zero-order valence-electron chi connectivity index (χ0n) is 11.7. The number of aryl methyl sites for hydroxylation is 1. The SMILES string of the molecule is Cn1cnc2ccc(N3CCC4CC[C@H]3C4)cc2c1=O. The molecule has 1 aromatic heterocycles. The fourth-order valence-corrected chi connectivity index (χ4v) is 3.82. The minimum atomic E-state index is 0.0400. The second-order valence-electron chi connectivity index (χ2n) is 6.18. The highest BCUT2D eigenvalue weighted by molar-refractivity contribution is 5.81. The van der Waals surface area contributed by atoms with Crippen molar-refractivity contribution in [3.8, 4) is 0 Å². The van der Waals surface area contributed by atoms with Gasteiger partial charge in [0.15, 0.2) is 0 Å². The summed E-state index contributed by atoms with van der Waals surface area (Å²) >= 11 is 0. The van der Waals surface area contributed by atoms with Gasteiger partial charge in [0.1, 0.15) is 0 Å². The normalized spacial score (nSPS) is 25.4. The zero-order valence-corrected chi connectivity index (χ0v) is 11.7. The molecule has 4 rings (SSSR count). The first-order chi connectivity index (χ1) is 9.72. The fourth-order valence-electron chi connectivity index (χ4n) is 3.82.